The van der Waals surface area contributed by atoms with Crippen molar-refractivity contribution < 1.29 is 9.21 Å². The zero-order valence-electron chi connectivity index (χ0n) is 11.3. The number of thiocarbonyl (C=S) groups is 1. The van der Waals surface area contributed by atoms with Gasteiger partial charge in [-0.05, 0) is 42.6 Å². The van der Waals surface area contributed by atoms with Crippen LogP contribution in [0.5, 0.6) is 0 Å². The summed E-state index contributed by atoms with van der Waals surface area (Å²) in [6.07, 6.45) is 5.04. The number of furan rings is 1. The first kappa shape index (κ1) is 14.1. The molecule has 2 N–H and O–H groups in total. The number of hydrogen-bond donors (Lipinski definition) is 2. The number of carbonyl (C=O) groups is 1. The average Bonchev–Trinajstić information content (AvgIpc) is 2.88. The van der Waals surface area contributed by atoms with E-state index in [0.717, 1.165) is 6.42 Å². The maximum Gasteiger partial charge on any atom is 0.293 e. The van der Waals surface area contributed by atoms with Crippen LogP contribution in [0.25, 0.3) is 0 Å². The average molecular weight is 280 g/mol. The van der Waals surface area contributed by atoms with Gasteiger partial charge in [-0.25, -0.2) is 0 Å². The van der Waals surface area contributed by atoms with Crippen LogP contribution in [0.1, 0.15) is 43.7 Å². The fourth-order valence-corrected chi connectivity index (χ4v) is 2.81. The summed E-state index contributed by atoms with van der Waals surface area (Å²) >= 11 is 5.19. The molecule has 1 aromatic heterocycles. The van der Waals surface area contributed by atoms with Crippen molar-refractivity contribution in [3.05, 3.63) is 24.2 Å². The minimum absolute atomic E-state index is 0.272. The fourth-order valence-electron chi connectivity index (χ4n) is 2.56. The lowest BCUT2D eigenvalue weighted by Gasteiger charge is -2.35. The molecule has 1 aliphatic carbocycles. The van der Waals surface area contributed by atoms with Crippen LogP contribution >= 0.6 is 12.2 Å². The Balaban J connectivity index is 1.86. The highest BCUT2D eigenvalue weighted by molar-refractivity contribution is 7.80. The summed E-state index contributed by atoms with van der Waals surface area (Å²) in [5, 5.41) is 6.28. The van der Waals surface area contributed by atoms with Crippen molar-refractivity contribution in [3.8, 4) is 0 Å². The Labute approximate surface area is 118 Å². The first-order chi connectivity index (χ1) is 9.08. The summed E-state index contributed by atoms with van der Waals surface area (Å²) in [4.78, 5) is 11.8. The SMILES string of the molecule is C[C@@H]1[C@H](C)CCC[C@H]1NC(=S)NC(=O)c1ccco1. The van der Waals surface area contributed by atoms with Gasteiger partial charge in [0.1, 0.15) is 0 Å². The smallest absolute Gasteiger partial charge is 0.293 e. The Morgan fingerprint density at radius 3 is 2.89 bits per heavy atom. The van der Waals surface area contributed by atoms with Crippen molar-refractivity contribution in [1.29, 1.82) is 0 Å². The van der Waals surface area contributed by atoms with Gasteiger partial charge >= 0.3 is 0 Å². The Kier molecular flexibility index (Phi) is 4.58. The molecule has 0 spiro atoms. The van der Waals surface area contributed by atoms with Crippen LogP contribution in [0.15, 0.2) is 22.8 Å². The van der Waals surface area contributed by atoms with Crippen molar-refractivity contribution in [2.75, 3.05) is 0 Å². The second-order valence-electron chi connectivity index (χ2n) is 5.28. The lowest BCUT2D eigenvalue weighted by Crippen LogP contribution is -2.49. The Hall–Kier alpha value is -1.36. The Morgan fingerprint density at radius 1 is 1.42 bits per heavy atom. The molecule has 104 valence electrons. The third kappa shape index (κ3) is 3.56. The first-order valence-corrected chi connectivity index (χ1v) is 7.14. The molecule has 0 saturated heterocycles. The predicted octanol–water partition coefficient (Wildman–Crippen LogP) is 2.71. The molecule has 0 bridgehead atoms. The van der Waals surface area contributed by atoms with Crippen LogP contribution in [0.2, 0.25) is 0 Å². The van der Waals surface area contributed by atoms with E-state index in [0.29, 0.717) is 23.0 Å². The van der Waals surface area contributed by atoms with E-state index in [1.807, 2.05) is 0 Å². The molecule has 1 fully saturated rings. The molecular weight excluding hydrogens is 260 g/mol. The van der Waals surface area contributed by atoms with Gasteiger partial charge in [0.15, 0.2) is 10.9 Å². The number of nitrogens with one attached hydrogen (secondary N) is 2. The standard InChI is InChI=1S/C14H20N2O2S/c1-9-5-3-6-11(10(9)2)15-14(19)16-13(17)12-7-4-8-18-12/h4,7-11H,3,5-6H2,1-2H3,(H2,15,16,17,19)/t9-,10-,11-/m1/s1. The third-order valence-electron chi connectivity index (χ3n) is 4.00. The van der Waals surface area contributed by atoms with E-state index >= 15 is 0 Å². The van der Waals surface area contributed by atoms with Gasteiger partial charge in [0.25, 0.3) is 5.91 Å². The summed E-state index contributed by atoms with van der Waals surface area (Å²) in [5.41, 5.74) is 0. The zero-order chi connectivity index (χ0) is 13.8. The van der Waals surface area contributed by atoms with Crippen molar-refractivity contribution >= 4 is 23.2 Å². The van der Waals surface area contributed by atoms with E-state index in [1.54, 1.807) is 12.1 Å². The number of carbonyl (C=O) groups excluding carboxylic acids is 1. The number of hydrogen-bond acceptors (Lipinski definition) is 3. The van der Waals surface area contributed by atoms with Gasteiger partial charge in [0, 0.05) is 6.04 Å². The molecule has 0 aliphatic heterocycles. The maximum atomic E-state index is 11.8. The molecule has 1 aliphatic rings. The van der Waals surface area contributed by atoms with Crippen LogP contribution in [0.4, 0.5) is 0 Å². The van der Waals surface area contributed by atoms with Crippen LogP contribution in [-0.2, 0) is 0 Å². The van der Waals surface area contributed by atoms with E-state index in [4.69, 9.17) is 16.6 Å². The highest BCUT2D eigenvalue weighted by atomic mass is 32.1. The van der Waals surface area contributed by atoms with Crippen LogP contribution in [-0.4, -0.2) is 17.1 Å². The molecule has 1 aromatic rings. The molecule has 4 nitrogen and oxygen atoms in total. The first-order valence-electron chi connectivity index (χ1n) is 6.73. The van der Waals surface area contributed by atoms with E-state index in [9.17, 15) is 4.79 Å². The van der Waals surface area contributed by atoms with Gasteiger partial charge in [-0.2, -0.15) is 0 Å². The molecule has 1 heterocycles. The van der Waals surface area contributed by atoms with Crippen molar-refractivity contribution in [2.24, 2.45) is 11.8 Å². The van der Waals surface area contributed by atoms with Gasteiger partial charge in [0.2, 0.25) is 0 Å². The van der Waals surface area contributed by atoms with Gasteiger partial charge in [-0.1, -0.05) is 26.7 Å². The normalized spacial score (nSPS) is 26.7. The minimum Gasteiger partial charge on any atom is -0.459 e. The van der Waals surface area contributed by atoms with E-state index in [1.165, 1.54) is 19.1 Å². The van der Waals surface area contributed by atoms with Gasteiger partial charge in [-0.15, -0.1) is 0 Å². The summed E-state index contributed by atoms with van der Waals surface area (Å²) in [6, 6.07) is 3.63. The molecule has 0 aromatic carbocycles. The second-order valence-corrected chi connectivity index (χ2v) is 5.69. The van der Waals surface area contributed by atoms with Crippen LogP contribution < -0.4 is 10.6 Å². The van der Waals surface area contributed by atoms with Crippen molar-refractivity contribution in [2.45, 2.75) is 39.2 Å². The fraction of sp³-hybridized carbons (Fsp3) is 0.571. The van der Waals surface area contributed by atoms with E-state index < -0.39 is 0 Å². The lowest BCUT2D eigenvalue weighted by atomic mass is 9.78. The van der Waals surface area contributed by atoms with Gasteiger partial charge in [0.05, 0.1) is 6.26 Å². The van der Waals surface area contributed by atoms with Crippen LogP contribution in [0, 0.1) is 11.8 Å². The number of rotatable bonds is 2. The highest BCUT2D eigenvalue weighted by Gasteiger charge is 2.27. The third-order valence-corrected chi connectivity index (χ3v) is 4.22. The Morgan fingerprint density at radius 2 is 2.21 bits per heavy atom. The molecule has 1 amide bonds. The molecule has 0 unspecified atom stereocenters. The van der Waals surface area contributed by atoms with Crippen LogP contribution in [0.3, 0.4) is 0 Å². The monoisotopic (exact) mass is 280 g/mol. The summed E-state index contributed by atoms with van der Waals surface area (Å²) in [6.45, 7) is 4.50. The molecule has 1 saturated carbocycles. The maximum absolute atomic E-state index is 11.8. The van der Waals surface area contributed by atoms with Gasteiger partial charge in [-0.3, -0.25) is 10.1 Å². The molecular formula is C14H20N2O2S. The van der Waals surface area contributed by atoms with E-state index in [-0.39, 0.29) is 11.7 Å². The topological polar surface area (TPSA) is 54.3 Å². The highest BCUT2D eigenvalue weighted by Crippen LogP contribution is 2.29. The molecule has 2 rings (SSSR count). The summed E-state index contributed by atoms with van der Waals surface area (Å²) in [7, 11) is 0. The molecule has 5 heteroatoms. The summed E-state index contributed by atoms with van der Waals surface area (Å²) < 4.78 is 5.02. The van der Waals surface area contributed by atoms with Crippen molar-refractivity contribution in [3.63, 3.8) is 0 Å². The minimum atomic E-state index is -0.306. The summed E-state index contributed by atoms with van der Waals surface area (Å²) in [5.74, 6) is 1.22. The quantitative estimate of drug-likeness (QED) is 0.818. The predicted molar refractivity (Wildman–Crippen MR) is 77.9 cm³/mol. The lowest BCUT2D eigenvalue weighted by molar-refractivity contribution is 0.0948. The molecule has 0 radical (unpaired) electrons. The molecule has 19 heavy (non-hydrogen) atoms. The zero-order valence-corrected chi connectivity index (χ0v) is 12.1. The molecule has 3 atom stereocenters. The number of amides is 1. The Bertz CT molecular complexity index is 444. The van der Waals surface area contributed by atoms with Crippen molar-refractivity contribution in [1.82, 2.24) is 10.6 Å². The second kappa shape index (κ2) is 6.19. The largest absolute Gasteiger partial charge is 0.459 e. The van der Waals surface area contributed by atoms with Gasteiger partial charge < -0.3 is 9.73 Å². The van der Waals surface area contributed by atoms with E-state index in [2.05, 4.69) is 24.5 Å².